The predicted octanol–water partition coefficient (Wildman–Crippen LogP) is 3.83. The molecule has 0 aliphatic rings. The van der Waals surface area contributed by atoms with Crippen LogP contribution in [0, 0.1) is 24.0 Å². The molecule has 0 aliphatic carbocycles. The van der Waals surface area contributed by atoms with Crippen molar-refractivity contribution < 1.29 is 9.66 Å². The average Bonchev–Trinajstić information content (AvgIpc) is 2.46. The second-order valence-corrected chi connectivity index (χ2v) is 4.88. The van der Waals surface area contributed by atoms with Crippen molar-refractivity contribution in [1.82, 2.24) is 0 Å². The molecule has 0 heterocycles. The van der Waals surface area contributed by atoms with E-state index in [0.717, 1.165) is 22.6 Å². The number of methoxy groups -OCH3 is 1. The summed E-state index contributed by atoms with van der Waals surface area (Å²) in [6, 6.07) is 11.1. The van der Waals surface area contributed by atoms with E-state index in [4.69, 9.17) is 4.74 Å². The summed E-state index contributed by atoms with van der Waals surface area (Å²) in [6.07, 6.45) is 0. The third kappa shape index (κ3) is 3.31. The lowest BCUT2D eigenvalue weighted by atomic mass is 10.1. The summed E-state index contributed by atoms with van der Waals surface area (Å²) in [5.74, 6) is 0.796. The van der Waals surface area contributed by atoms with Crippen molar-refractivity contribution in [2.45, 2.75) is 20.4 Å². The van der Waals surface area contributed by atoms with Gasteiger partial charge >= 0.3 is 0 Å². The largest absolute Gasteiger partial charge is 0.496 e. The van der Waals surface area contributed by atoms with Crippen molar-refractivity contribution in [2.24, 2.45) is 0 Å². The fraction of sp³-hybridized carbons (Fsp3) is 0.250. The van der Waals surface area contributed by atoms with E-state index in [1.807, 2.05) is 37.3 Å². The standard InChI is InChI=1S/C16H18N2O3/c1-11-8-12(2)15(18(19)20)9-14(11)17-10-13-6-4-5-7-16(13)21-3/h4-9,17H,10H2,1-3H3. The number of hydrogen-bond donors (Lipinski definition) is 1. The molecular weight excluding hydrogens is 268 g/mol. The second kappa shape index (κ2) is 6.26. The summed E-state index contributed by atoms with van der Waals surface area (Å²) >= 11 is 0. The lowest BCUT2D eigenvalue weighted by Crippen LogP contribution is -2.04. The molecule has 0 amide bonds. The molecule has 1 N–H and O–H groups in total. The molecule has 0 aromatic heterocycles. The molecule has 0 radical (unpaired) electrons. The van der Waals surface area contributed by atoms with Crippen LogP contribution in [0.5, 0.6) is 5.75 Å². The molecule has 0 aliphatic heterocycles. The van der Waals surface area contributed by atoms with E-state index in [0.29, 0.717) is 12.1 Å². The van der Waals surface area contributed by atoms with Crippen LogP contribution in [0.15, 0.2) is 36.4 Å². The monoisotopic (exact) mass is 286 g/mol. The maximum Gasteiger partial charge on any atom is 0.274 e. The van der Waals surface area contributed by atoms with E-state index in [2.05, 4.69) is 5.32 Å². The van der Waals surface area contributed by atoms with Crippen molar-refractivity contribution in [3.63, 3.8) is 0 Å². The zero-order chi connectivity index (χ0) is 15.4. The maximum atomic E-state index is 11.0. The normalized spacial score (nSPS) is 10.2. The Hall–Kier alpha value is -2.56. The first kappa shape index (κ1) is 14.8. The lowest BCUT2D eigenvalue weighted by Gasteiger charge is -2.13. The molecular formula is C16H18N2O3. The smallest absolute Gasteiger partial charge is 0.274 e. The quantitative estimate of drug-likeness (QED) is 0.670. The number of rotatable bonds is 5. The Labute approximate surface area is 123 Å². The highest BCUT2D eigenvalue weighted by molar-refractivity contribution is 5.60. The van der Waals surface area contributed by atoms with Gasteiger partial charge in [0.2, 0.25) is 0 Å². The average molecular weight is 286 g/mol. The summed E-state index contributed by atoms with van der Waals surface area (Å²) in [4.78, 5) is 10.7. The molecule has 0 bridgehead atoms. The zero-order valence-corrected chi connectivity index (χ0v) is 12.3. The van der Waals surface area contributed by atoms with Gasteiger partial charge in [-0.3, -0.25) is 10.1 Å². The van der Waals surface area contributed by atoms with Crippen LogP contribution in [0.1, 0.15) is 16.7 Å². The van der Waals surface area contributed by atoms with E-state index in [-0.39, 0.29) is 10.6 Å². The van der Waals surface area contributed by atoms with Gasteiger partial charge in [-0.2, -0.15) is 0 Å². The van der Waals surface area contributed by atoms with Crippen LogP contribution in [0.4, 0.5) is 11.4 Å². The first-order valence-corrected chi connectivity index (χ1v) is 6.64. The molecule has 21 heavy (non-hydrogen) atoms. The molecule has 2 rings (SSSR count). The molecule has 0 unspecified atom stereocenters. The highest BCUT2D eigenvalue weighted by Gasteiger charge is 2.13. The Kier molecular flexibility index (Phi) is 4.42. The first-order chi connectivity index (χ1) is 10.0. The minimum Gasteiger partial charge on any atom is -0.496 e. The van der Waals surface area contributed by atoms with Crippen molar-refractivity contribution >= 4 is 11.4 Å². The van der Waals surface area contributed by atoms with Crippen LogP contribution in [0.25, 0.3) is 0 Å². The van der Waals surface area contributed by atoms with Crippen molar-refractivity contribution in [2.75, 3.05) is 12.4 Å². The van der Waals surface area contributed by atoms with Gasteiger partial charge in [0, 0.05) is 29.4 Å². The zero-order valence-electron chi connectivity index (χ0n) is 12.3. The van der Waals surface area contributed by atoms with Gasteiger partial charge in [0.1, 0.15) is 5.75 Å². The van der Waals surface area contributed by atoms with Crippen LogP contribution in [0.2, 0.25) is 0 Å². The molecule has 5 heteroatoms. The fourth-order valence-electron chi connectivity index (χ4n) is 2.27. The number of hydrogen-bond acceptors (Lipinski definition) is 4. The van der Waals surface area contributed by atoms with Gasteiger partial charge in [0.25, 0.3) is 5.69 Å². The number of anilines is 1. The Bertz CT molecular complexity index is 669. The SMILES string of the molecule is COc1ccccc1CNc1cc([N+](=O)[O-])c(C)cc1C. The third-order valence-electron chi connectivity index (χ3n) is 3.40. The summed E-state index contributed by atoms with van der Waals surface area (Å²) in [5, 5.41) is 14.3. The van der Waals surface area contributed by atoms with Crippen LogP contribution >= 0.6 is 0 Å². The first-order valence-electron chi connectivity index (χ1n) is 6.64. The number of nitrogens with zero attached hydrogens (tertiary/aromatic N) is 1. The van der Waals surface area contributed by atoms with Gasteiger partial charge in [-0.15, -0.1) is 0 Å². The van der Waals surface area contributed by atoms with Crippen LogP contribution in [-0.2, 0) is 6.54 Å². The molecule has 5 nitrogen and oxygen atoms in total. The highest BCUT2D eigenvalue weighted by Crippen LogP contribution is 2.27. The summed E-state index contributed by atoms with van der Waals surface area (Å²) in [6.45, 7) is 4.22. The minimum absolute atomic E-state index is 0.128. The number of para-hydroxylation sites is 1. The lowest BCUT2D eigenvalue weighted by molar-refractivity contribution is -0.385. The Morgan fingerprint density at radius 1 is 1.19 bits per heavy atom. The van der Waals surface area contributed by atoms with Crippen molar-refractivity contribution in [3.8, 4) is 5.75 Å². The second-order valence-electron chi connectivity index (χ2n) is 4.88. The van der Waals surface area contributed by atoms with Crippen LogP contribution < -0.4 is 10.1 Å². The Morgan fingerprint density at radius 3 is 2.57 bits per heavy atom. The maximum absolute atomic E-state index is 11.0. The summed E-state index contributed by atoms with van der Waals surface area (Å²) in [7, 11) is 1.63. The highest BCUT2D eigenvalue weighted by atomic mass is 16.6. The number of aryl methyl sites for hydroxylation is 2. The third-order valence-corrected chi connectivity index (χ3v) is 3.40. The van der Waals surface area contributed by atoms with Gasteiger partial charge in [0.15, 0.2) is 0 Å². The summed E-state index contributed by atoms with van der Waals surface area (Å²) in [5.41, 5.74) is 3.54. The molecule has 2 aromatic rings. The van der Waals surface area contributed by atoms with Gasteiger partial charge in [0.05, 0.1) is 12.0 Å². The van der Waals surface area contributed by atoms with E-state index >= 15 is 0 Å². The molecule has 0 fully saturated rings. The van der Waals surface area contributed by atoms with Gasteiger partial charge in [-0.05, 0) is 31.5 Å². The van der Waals surface area contributed by atoms with Gasteiger partial charge in [-0.1, -0.05) is 18.2 Å². The number of nitrogens with one attached hydrogen (secondary N) is 1. The molecule has 0 saturated carbocycles. The van der Waals surface area contributed by atoms with E-state index in [1.54, 1.807) is 20.1 Å². The predicted molar refractivity (Wildman–Crippen MR) is 82.9 cm³/mol. The van der Waals surface area contributed by atoms with Crippen molar-refractivity contribution in [3.05, 3.63) is 63.2 Å². The Balaban J connectivity index is 2.24. The molecule has 0 saturated heterocycles. The number of nitro benzene ring substituents is 1. The molecule has 0 atom stereocenters. The van der Waals surface area contributed by atoms with Crippen molar-refractivity contribution in [1.29, 1.82) is 0 Å². The van der Waals surface area contributed by atoms with E-state index in [1.165, 1.54) is 0 Å². The number of ether oxygens (including phenoxy) is 1. The molecule has 110 valence electrons. The number of nitro groups is 1. The minimum atomic E-state index is -0.358. The van der Waals surface area contributed by atoms with Crippen LogP contribution in [-0.4, -0.2) is 12.0 Å². The Morgan fingerprint density at radius 2 is 1.90 bits per heavy atom. The van der Waals surface area contributed by atoms with E-state index in [9.17, 15) is 10.1 Å². The number of benzene rings is 2. The van der Waals surface area contributed by atoms with Crippen LogP contribution in [0.3, 0.4) is 0 Å². The van der Waals surface area contributed by atoms with Gasteiger partial charge in [-0.25, -0.2) is 0 Å². The molecule has 0 spiro atoms. The van der Waals surface area contributed by atoms with E-state index < -0.39 is 0 Å². The topological polar surface area (TPSA) is 64.4 Å². The fourth-order valence-corrected chi connectivity index (χ4v) is 2.27. The molecule has 2 aromatic carbocycles. The van der Waals surface area contributed by atoms with Gasteiger partial charge < -0.3 is 10.1 Å². The summed E-state index contributed by atoms with van der Waals surface area (Å²) < 4.78 is 5.30.